The summed E-state index contributed by atoms with van der Waals surface area (Å²) in [6, 6.07) is 4.75. The molecule has 13 heteroatoms. The lowest BCUT2D eigenvalue weighted by Gasteiger charge is -2.34. The van der Waals surface area contributed by atoms with E-state index in [-0.39, 0.29) is 25.9 Å². The average molecular weight is 590 g/mol. The predicted molar refractivity (Wildman–Crippen MR) is 151 cm³/mol. The van der Waals surface area contributed by atoms with Crippen LogP contribution in [0, 0.1) is 20.8 Å². The molecule has 0 radical (unpaired) electrons. The summed E-state index contributed by atoms with van der Waals surface area (Å²) in [5, 5.41) is 17.5. The molecule has 1 aliphatic heterocycles. The van der Waals surface area contributed by atoms with E-state index in [1.807, 2.05) is 20.8 Å². The lowest BCUT2D eigenvalue weighted by atomic mass is 10.1. The van der Waals surface area contributed by atoms with E-state index in [2.05, 4.69) is 10.5 Å². The first kappa shape index (κ1) is 30.5. The third-order valence-corrected chi connectivity index (χ3v) is 6.90. The minimum atomic E-state index is -0.682. The third kappa shape index (κ3) is 7.25. The quantitative estimate of drug-likeness (QED) is 0.339. The molecule has 1 saturated heterocycles. The highest BCUT2D eigenvalue weighted by Crippen LogP contribution is 2.37. The highest BCUT2D eigenvalue weighted by molar-refractivity contribution is 6.33. The summed E-state index contributed by atoms with van der Waals surface area (Å²) < 4.78 is 28.3. The van der Waals surface area contributed by atoms with Crippen LogP contribution in [0.2, 0.25) is 5.02 Å². The second-order valence-corrected chi connectivity index (χ2v) is 10.0. The monoisotopic (exact) mass is 589 g/mol. The van der Waals surface area contributed by atoms with Crippen molar-refractivity contribution in [1.29, 1.82) is 0 Å². The fraction of sp³-hybridized carbons (Fsp3) is 0.500. The molecular weight excluding hydrogens is 554 g/mol. The second-order valence-electron chi connectivity index (χ2n) is 9.62. The number of rotatable bonds is 11. The summed E-state index contributed by atoms with van der Waals surface area (Å²) in [6.45, 7) is 9.27. The van der Waals surface area contributed by atoms with Gasteiger partial charge < -0.3 is 33.9 Å². The zero-order valence-corrected chi connectivity index (χ0v) is 24.7. The number of aryl methyl sites for hydroxylation is 2. The van der Waals surface area contributed by atoms with Gasteiger partial charge in [0.05, 0.1) is 47.8 Å². The molecule has 1 amide bonds. The van der Waals surface area contributed by atoms with Crippen LogP contribution in [0.15, 0.2) is 22.7 Å². The fourth-order valence-electron chi connectivity index (χ4n) is 4.49. The molecule has 222 valence electrons. The van der Waals surface area contributed by atoms with Gasteiger partial charge in [-0.1, -0.05) is 16.8 Å². The van der Waals surface area contributed by atoms with Crippen LogP contribution in [-0.2, 0) is 9.47 Å². The van der Waals surface area contributed by atoms with Crippen LogP contribution < -0.4 is 14.8 Å². The summed E-state index contributed by atoms with van der Waals surface area (Å²) >= 11 is 6.62. The van der Waals surface area contributed by atoms with E-state index in [1.165, 1.54) is 0 Å². The van der Waals surface area contributed by atoms with Gasteiger partial charge in [-0.25, -0.2) is 9.78 Å². The number of halogens is 1. The SMILES string of the molecule is CCOC(=O)N1CCOCC1COc1nc(-c2cc(OCC(O)CNC)ccc2Cl)nc(-c2c(C)noc2C)c1C. The summed E-state index contributed by atoms with van der Waals surface area (Å²) in [6.07, 6.45) is -1.09. The molecule has 3 aromatic rings. The number of aliphatic hydroxyl groups is 1. The Morgan fingerprint density at radius 3 is 2.78 bits per heavy atom. The zero-order valence-electron chi connectivity index (χ0n) is 23.9. The first-order chi connectivity index (χ1) is 19.7. The van der Waals surface area contributed by atoms with Gasteiger partial charge in [0, 0.05) is 24.2 Å². The van der Waals surface area contributed by atoms with Crippen LogP contribution in [0.1, 0.15) is 23.9 Å². The first-order valence-electron chi connectivity index (χ1n) is 13.4. The Bertz CT molecular complexity index is 1330. The molecule has 41 heavy (non-hydrogen) atoms. The number of carbonyl (C=O) groups is 1. The normalized spacial score (nSPS) is 16.0. The molecule has 1 aromatic carbocycles. The number of morpholine rings is 1. The van der Waals surface area contributed by atoms with Gasteiger partial charge in [-0.05, 0) is 52.9 Å². The van der Waals surface area contributed by atoms with Gasteiger partial charge in [0.15, 0.2) is 5.82 Å². The molecule has 3 heterocycles. The van der Waals surface area contributed by atoms with E-state index in [4.69, 9.17) is 45.0 Å². The van der Waals surface area contributed by atoms with Crippen LogP contribution in [0.5, 0.6) is 11.6 Å². The Morgan fingerprint density at radius 1 is 1.27 bits per heavy atom. The number of likely N-dealkylation sites (N-methyl/N-ethyl adjacent to an activating group) is 1. The number of nitrogens with one attached hydrogen (secondary N) is 1. The van der Waals surface area contributed by atoms with Crippen molar-refractivity contribution in [3.05, 3.63) is 40.2 Å². The lowest BCUT2D eigenvalue weighted by molar-refractivity contribution is -0.0221. The highest BCUT2D eigenvalue weighted by atomic mass is 35.5. The fourth-order valence-corrected chi connectivity index (χ4v) is 4.69. The Hall–Kier alpha value is -3.45. The van der Waals surface area contributed by atoms with E-state index in [0.717, 1.165) is 5.56 Å². The van der Waals surface area contributed by atoms with Crippen LogP contribution in [0.3, 0.4) is 0 Å². The Labute approximate surface area is 243 Å². The molecule has 2 atom stereocenters. The van der Waals surface area contributed by atoms with Crippen LogP contribution in [0.4, 0.5) is 4.79 Å². The van der Waals surface area contributed by atoms with Crippen LogP contribution in [0.25, 0.3) is 22.6 Å². The van der Waals surface area contributed by atoms with Crippen molar-refractivity contribution in [3.63, 3.8) is 0 Å². The summed E-state index contributed by atoms with van der Waals surface area (Å²) in [4.78, 5) is 23.7. The van der Waals surface area contributed by atoms with Gasteiger partial charge >= 0.3 is 6.09 Å². The number of aliphatic hydroxyl groups excluding tert-OH is 1. The first-order valence-corrected chi connectivity index (χ1v) is 13.8. The number of hydrogen-bond acceptors (Lipinski definition) is 11. The van der Waals surface area contributed by atoms with Crippen molar-refractivity contribution in [3.8, 4) is 34.3 Å². The minimum Gasteiger partial charge on any atom is -0.491 e. The van der Waals surface area contributed by atoms with Gasteiger partial charge in [-0.2, -0.15) is 4.98 Å². The largest absolute Gasteiger partial charge is 0.491 e. The number of carbonyl (C=O) groups excluding carboxylic acids is 1. The minimum absolute atomic E-state index is 0.0930. The van der Waals surface area contributed by atoms with E-state index >= 15 is 0 Å². The third-order valence-electron chi connectivity index (χ3n) is 6.57. The lowest BCUT2D eigenvalue weighted by Crippen LogP contribution is -2.51. The highest BCUT2D eigenvalue weighted by Gasteiger charge is 2.30. The molecular formula is C28H36ClN5O7. The zero-order chi connectivity index (χ0) is 29.5. The van der Waals surface area contributed by atoms with Crippen molar-refractivity contribution in [2.75, 3.05) is 53.2 Å². The van der Waals surface area contributed by atoms with Crippen molar-refractivity contribution < 1.29 is 33.4 Å². The number of aromatic nitrogens is 3. The molecule has 2 unspecified atom stereocenters. The Balaban J connectivity index is 1.70. The molecule has 2 aromatic heterocycles. The number of hydrogen-bond donors (Lipinski definition) is 2. The molecule has 0 saturated carbocycles. The van der Waals surface area contributed by atoms with Gasteiger partial charge in [0.25, 0.3) is 0 Å². The van der Waals surface area contributed by atoms with Crippen LogP contribution >= 0.6 is 11.6 Å². The second kappa shape index (κ2) is 13.9. The summed E-state index contributed by atoms with van der Waals surface area (Å²) in [7, 11) is 1.75. The molecule has 4 rings (SSSR count). The molecule has 0 spiro atoms. The van der Waals surface area contributed by atoms with Crippen molar-refractivity contribution in [2.45, 2.75) is 39.8 Å². The predicted octanol–water partition coefficient (Wildman–Crippen LogP) is 3.57. The van der Waals surface area contributed by atoms with E-state index in [1.54, 1.807) is 37.1 Å². The van der Waals surface area contributed by atoms with Gasteiger partial charge in [0.1, 0.15) is 30.8 Å². The molecule has 1 fully saturated rings. The van der Waals surface area contributed by atoms with Gasteiger partial charge in [0.2, 0.25) is 5.88 Å². The summed E-state index contributed by atoms with van der Waals surface area (Å²) in [5.74, 6) is 1.70. The number of amides is 1. The van der Waals surface area contributed by atoms with E-state index < -0.39 is 12.2 Å². The van der Waals surface area contributed by atoms with Crippen molar-refractivity contribution in [1.82, 2.24) is 25.3 Å². The maximum absolute atomic E-state index is 12.5. The van der Waals surface area contributed by atoms with Crippen molar-refractivity contribution >= 4 is 17.7 Å². The van der Waals surface area contributed by atoms with E-state index in [9.17, 15) is 9.90 Å². The summed E-state index contributed by atoms with van der Waals surface area (Å²) in [5.41, 5.74) is 3.15. The van der Waals surface area contributed by atoms with Crippen LogP contribution in [-0.4, -0.2) is 96.5 Å². The maximum Gasteiger partial charge on any atom is 0.410 e. The number of ether oxygens (including phenoxy) is 4. The Kier molecular flexibility index (Phi) is 10.4. The smallest absolute Gasteiger partial charge is 0.410 e. The van der Waals surface area contributed by atoms with E-state index in [0.29, 0.717) is 77.1 Å². The molecule has 2 N–H and O–H groups in total. The number of benzene rings is 1. The van der Waals surface area contributed by atoms with Gasteiger partial charge in [-0.3, -0.25) is 4.90 Å². The topological polar surface area (TPSA) is 141 Å². The molecule has 0 aliphatic carbocycles. The molecule has 12 nitrogen and oxygen atoms in total. The average Bonchev–Trinajstić information content (AvgIpc) is 3.29. The molecule has 0 bridgehead atoms. The van der Waals surface area contributed by atoms with Gasteiger partial charge in [-0.15, -0.1) is 0 Å². The number of nitrogens with zero attached hydrogens (tertiary/aromatic N) is 4. The Morgan fingerprint density at radius 2 is 2.07 bits per heavy atom. The van der Waals surface area contributed by atoms with Crippen molar-refractivity contribution in [2.24, 2.45) is 0 Å². The standard InChI is InChI=1S/C28H36ClN5O7/c1-6-38-28(36)34-9-10-37-13-19(34)14-40-27-16(2)25(24-17(3)33-41-18(24)4)31-26(32-27)22-11-21(7-8-23(22)29)39-15-20(35)12-30-5/h7-8,11,19-20,30,35H,6,9-10,12-15H2,1-5H3. The maximum atomic E-state index is 12.5. The molecule has 1 aliphatic rings.